The number of aryl methyl sites for hydroxylation is 1. The quantitative estimate of drug-likeness (QED) is 0.355. The Morgan fingerprint density at radius 1 is 1.02 bits per heavy atom. The molecule has 2 atom stereocenters. The molecule has 0 radical (unpaired) electrons. The molecule has 0 spiro atoms. The van der Waals surface area contributed by atoms with Gasteiger partial charge in [0.05, 0.1) is 0 Å². The molecule has 3 N–H and O–H groups in total. The molecule has 1 saturated heterocycles. The van der Waals surface area contributed by atoms with E-state index in [-0.39, 0.29) is 42.4 Å². The smallest absolute Gasteiger partial charge is 0.276 e. The largest absolute Gasteiger partial charge is 0.361 e. The minimum Gasteiger partial charge on any atom is -0.361 e. The zero-order valence-electron chi connectivity index (χ0n) is 25.3. The van der Waals surface area contributed by atoms with E-state index < -0.39 is 11.9 Å². The van der Waals surface area contributed by atoms with E-state index in [0.717, 1.165) is 31.2 Å². The molecule has 1 aliphatic carbocycles. The average Bonchev–Trinajstić information content (AvgIpc) is 3.50. The van der Waals surface area contributed by atoms with Crippen molar-refractivity contribution in [2.45, 2.75) is 64.0 Å². The fourth-order valence-corrected chi connectivity index (χ4v) is 6.47. The van der Waals surface area contributed by atoms with Crippen molar-refractivity contribution in [3.05, 3.63) is 89.1 Å². The van der Waals surface area contributed by atoms with Gasteiger partial charge in [-0.25, -0.2) is 4.39 Å². The minimum atomic E-state index is -0.793. The Morgan fingerprint density at radius 3 is 2.39 bits per heavy atom. The van der Waals surface area contributed by atoms with Gasteiger partial charge in [-0.05, 0) is 100 Å². The van der Waals surface area contributed by atoms with Crippen LogP contribution in [0, 0.1) is 24.6 Å². The molecule has 9 nitrogen and oxygen atoms in total. The number of hydrogen-bond acceptors (Lipinski definition) is 6. The first-order valence-corrected chi connectivity index (χ1v) is 15.6. The average molecular weight is 604 g/mol. The third kappa shape index (κ3) is 7.72. The number of carbonyl (C=O) groups is 3. The maximum Gasteiger partial charge on any atom is 0.276 e. The minimum absolute atomic E-state index is 0.155. The molecule has 5 rings (SSSR count). The molecule has 1 aliphatic heterocycles. The number of nitrogens with one attached hydrogen (secondary N) is 1. The SMILES string of the molecule is Cc1cc(C(=O)N2CCC(N(CCc3ccccc3)C(=O)c3ccc(F)cc3)C[C@@H]2C(=O)NCC2CCC(CN)CC2)no1. The molecule has 234 valence electrons. The van der Waals surface area contributed by atoms with Crippen LogP contribution in [0.5, 0.6) is 0 Å². The van der Waals surface area contributed by atoms with Crippen LogP contribution in [0.15, 0.2) is 65.2 Å². The maximum atomic E-state index is 13.9. The monoisotopic (exact) mass is 603 g/mol. The molecule has 2 aromatic carbocycles. The number of carbonyl (C=O) groups excluding carboxylic acids is 3. The molecule has 1 unspecified atom stereocenters. The van der Waals surface area contributed by atoms with Crippen molar-refractivity contribution in [2.75, 3.05) is 26.2 Å². The standard InChI is InChI=1S/C34H42FN5O4/c1-23-19-30(38-44-23)34(43)40-18-16-29(20-31(40)32(41)37-22-26-9-7-25(21-36)8-10-26)39(17-15-24-5-3-2-4-6-24)33(42)27-11-13-28(35)14-12-27/h2-6,11-14,19,25-26,29,31H,7-10,15-18,20-22,36H2,1H3,(H,37,41)/t25?,26?,29?,31-/m1/s1. The predicted octanol–water partition coefficient (Wildman–Crippen LogP) is 4.36. The Kier molecular flexibility index (Phi) is 10.4. The Bertz CT molecular complexity index is 1400. The van der Waals surface area contributed by atoms with Crippen LogP contribution in [0.25, 0.3) is 0 Å². The van der Waals surface area contributed by atoms with Crippen molar-refractivity contribution in [3.63, 3.8) is 0 Å². The molecular formula is C34H42FN5O4. The van der Waals surface area contributed by atoms with E-state index in [2.05, 4.69) is 10.5 Å². The first-order valence-electron chi connectivity index (χ1n) is 15.6. The number of nitrogens with two attached hydrogens (primary N) is 1. The molecule has 3 aromatic rings. The summed E-state index contributed by atoms with van der Waals surface area (Å²) in [7, 11) is 0. The number of nitrogens with zero attached hydrogens (tertiary/aromatic N) is 3. The number of benzene rings is 2. The number of halogens is 1. The number of aromatic nitrogens is 1. The van der Waals surface area contributed by atoms with Crippen LogP contribution in [0.1, 0.15) is 70.7 Å². The molecule has 2 fully saturated rings. The van der Waals surface area contributed by atoms with Crippen LogP contribution < -0.4 is 11.1 Å². The molecule has 10 heteroatoms. The highest BCUT2D eigenvalue weighted by Crippen LogP contribution is 2.29. The highest BCUT2D eigenvalue weighted by molar-refractivity contribution is 5.97. The van der Waals surface area contributed by atoms with Crippen LogP contribution >= 0.6 is 0 Å². The van der Waals surface area contributed by atoms with Crippen molar-refractivity contribution >= 4 is 17.7 Å². The molecule has 2 heterocycles. The molecule has 0 bridgehead atoms. The molecule has 2 aliphatic rings. The lowest BCUT2D eigenvalue weighted by molar-refractivity contribution is -0.127. The van der Waals surface area contributed by atoms with Gasteiger partial charge in [-0.15, -0.1) is 0 Å². The van der Waals surface area contributed by atoms with Crippen molar-refractivity contribution in [1.82, 2.24) is 20.3 Å². The first kappa shape index (κ1) is 31.4. The fraction of sp³-hybridized carbons (Fsp3) is 0.471. The molecule has 3 amide bonds. The highest BCUT2D eigenvalue weighted by atomic mass is 19.1. The highest BCUT2D eigenvalue weighted by Gasteiger charge is 2.40. The summed E-state index contributed by atoms with van der Waals surface area (Å²) in [6.45, 7) is 3.63. The molecular weight excluding hydrogens is 561 g/mol. The summed E-state index contributed by atoms with van der Waals surface area (Å²) in [6, 6.07) is 15.9. The van der Waals surface area contributed by atoms with Gasteiger partial charge >= 0.3 is 0 Å². The van der Waals surface area contributed by atoms with Gasteiger partial charge in [-0.1, -0.05) is 35.5 Å². The third-order valence-electron chi connectivity index (χ3n) is 9.13. The molecule has 1 aromatic heterocycles. The van der Waals surface area contributed by atoms with Gasteiger partial charge in [-0.3, -0.25) is 14.4 Å². The maximum absolute atomic E-state index is 13.9. The van der Waals surface area contributed by atoms with Crippen molar-refractivity contribution in [3.8, 4) is 0 Å². The van der Waals surface area contributed by atoms with Gasteiger partial charge in [0.15, 0.2) is 5.69 Å². The van der Waals surface area contributed by atoms with Crippen LogP contribution in [0.2, 0.25) is 0 Å². The summed E-state index contributed by atoms with van der Waals surface area (Å²) in [5, 5.41) is 7.04. The van der Waals surface area contributed by atoms with Crippen LogP contribution in [-0.2, 0) is 11.2 Å². The topological polar surface area (TPSA) is 122 Å². The summed E-state index contributed by atoms with van der Waals surface area (Å²) in [6.07, 6.45) is 5.51. The zero-order valence-corrected chi connectivity index (χ0v) is 25.3. The van der Waals surface area contributed by atoms with E-state index in [4.69, 9.17) is 10.3 Å². The second-order valence-corrected chi connectivity index (χ2v) is 12.1. The fourth-order valence-electron chi connectivity index (χ4n) is 6.47. The number of piperidine rings is 1. The van der Waals surface area contributed by atoms with Gasteiger partial charge in [-0.2, -0.15) is 0 Å². The summed E-state index contributed by atoms with van der Waals surface area (Å²) in [5.41, 5.74) is 7.47. The van der Waals surface area contributed by atoms with Gasteiger partial charge < -0.3 is 25.4 Å². The van der Waals surface area contributed by atoms with E-state index in [1.807, 2.05) is 30.3 Å². The number of likely N-dealkylation sites (tertiary alicyclic amines) is 1. The van der Waals surface area contributed by atoms with Gasteiger partial charge in [0.25, 0.3) is 11.8 Å². The Labute approximate surface area is 257 Å². The predicted molar refractivity (Wildman–Crippen MR) is 164 cm³/mol. The lowest BCUT2D eigenvalue weighted by atomic mass is 9.82. The summed E-state index contributed by atoms with van der Waals surface area (Å²) in [5.74, 6) is 0.168. The van der Waals surface area contributed by atoms with E-state index in [9.17, 15) is 18.8 Å². The lowest BCUT2D eigenvalue weighted by Crippen LogP contribution is -2.58. The Morgan fingerprint density at radius 2 is 1.73 bits per heavy atom. The Balaban J connectivity index is 1.36. The summed E-state index contributed by atoms with van der Waals surface area (Å²) < 4.78 is 18.8. The Hall–Kier alpha value is -4.05. The van der Waals surface area contributed by atoms with E-state index in [1.54, 1.807) is 22.8 Å². The van der Waals surface area contributed by atoms with Crippen molar-refractivity contribution < 1.29 is 23.3 Å². The van der Waals surface area contributed by atoms with Gasteiger partial charge in [0, 0.05) is 37.3 Å². The summed E-state index contributed by atoms with van der Waals surface area (Å²) in [4.78, 5) is 44.6. The van der Waals surface area contributed by atoms with Gasteiger partial charge in [0.1, 0.15) is 17.6 Å². The van der Waals surface area contributed by atoms with E-state index >= 15 is 0 Å². The second kappa shape index (κ2) is 14.6. The number of amides is 3. The van der Waals surface area contributed by atoms with E-state index in [1.165, 1.54) is 24.3 Å². The molecule has 1 saturated carbocycles. The van der Waals surface area contributed by atoms with Crippen LogP contribution in [-0.4, -0.2) is 70.9 Å². The normalized spacial score (nSPS) is 21.9. The third-order valence-corrected chi connectivity index (χ3v) is 9.13. The number of rotatable bonds is 10. The summed E-state index contributed by atoms with van der Waals surface area (Å²) >= 11 is 0. The van der Waals surface area contributed by atoms with Gasteiger partial charge in [0.2, 0.25) is 5.91 Å². The first-order chi connectivity index (χ1) is 21.3. The van der Waals surface area contributed by atoms with Crippen molar-refractivity contribution in [2.24, 2.45) is 17.6 Å². The van der Waals surface area contributed by atoms with Crippen LogP contribution in [0.3, 0.4) is 0 Å². The second-order valence-electron chi connectivity index (χ2n) is 12.1. The lowest BCUT2D eigenvalue weighted by Gasteiger charge is -2.43. The van der Waals surface area contributed by atoms with E-state index in [0.29, 0.717) is 55.6 Å². The zero-order chi connectivity index (χ0) is 31.1. The van der Waals surface area contributed by atoms with Crippen LogP contribution in [0.4, 0.5) is 4.39 Å². The number of hydrogen-bond donors (Lipinski definition) is 2. The van der Waals surface area contributed by atoms with Crippen molar-refractivity contribution in [1.29, 1.82) is 0 Å². The molecule has 44 heavy (non-hydrogen) atoms.